The van der Waals surface area contributed by atoms with Crippen molar-refractivity contribution in [2.75, 3.05) is 6.54 Å². The molecule has 1 heterocycles. The van der Waals surface area contributed by atoms with Crippen LogP contribution in [-0.2, 0) is 16.1 Å². The first kappa shape index (κ1) is 23.6. The molecule has 0 aliphatic heterocycles. The van der Waals surface area contributed by atoms with E-state index in [9.17, 15) is 9.59 Å². The van der Waals surface area contributed by atoms with Crippen molar-refractivity contribution in [2.24, 2.45) is 5.92 Å². The molecule has 6 nitrogen and oxygen atoms in total. The van der Waals surface area contributed by atoms with Crippen LogP contribution >= 0.6 is 0 Å². The van der Waals surface area contributed by atoms with Gasteiger partial charge in [0, 0.05) is 11.9 Å². The summed E-state index contributed by atoms with van der Waals surface area (Å²) in [4.78, 5) is 24.4. The van der Waals surface area contributed by atoms with Crippen LogP contribution in [0.3, 0.4) is 0 Å². The fraction of sp³-hybridized carbons (Fsp3) is 0.462. The molecule has 0 saturated carbocycles. The van der Waals surface area contributed by atoms with E-state index in [0.29, 0.717) is 12.3 Å². The summed E-state index contributed by atoms with van der Waals surface area (Å²) >= 11 is 0. The summed E-state index contributed by atoms with van der Waals surface area (Å²) in [5.41, 5.74) is 1.48. The maximum Gasteiger partial charge on any atom is 0.408 e. The number of rotatable bonds is 10. The van der Waals surface area contributed by atoms with Crippen molar-refractivity contribution >= 4 is 23.0 Å². The predicted octanol–water partition coefficient (Wildman–Crippen LogP) is 5.64. The Labute approximate surface area is 190 Å². The van der Waals surface area contributed by atoms with Gasteiger partial charge in [-0.1, -0.05) is 48.4 Å². The van der Waals surface area contributed by atoms with E-state index in [1.165, 1.54) is 5.57 Å². The minimum absolute atomic E-state index is 0.0505. The molecule has 0 radical (unpaired) electrons. The first-order chi connectivity index (χ1) is 15.3. The molecule has 0 saturated heterocycles. The number of fused-ring (bicyclic) bond motifs is 1. The zero-order chi connectivity index (χ0) is 23.0. The monoisotopic (exact) mass is 438 g/mol. The highest BCUT2D eigenvalue weighted by Crippen LogP contribution is 2.21. The van der Waals surface area contributed by atoms with Gasteiger partial charge in [-0.3, -0.25) is 4.79 Å². The lowest BCUT2D eigenvalue weighted by Gasteiger charge is -2.25. The molecule has 32 heavy (non-hydrogen) atoms. The van der Waals surface area contributed by atoms with Crippen molar-refractivity contribution in [1.82, 2.24) is 10.6 Å². The van der Waals surface area contributed by atoms with E-state index in [1.807, 2.05) is 69.3 Å². The first-order valence-corrected chi connectivity index (χ1v) is 11.4. The van der Waals surface area contributed by atoms with Gasteiger partial charge >= 0.3 is 6.09 Å². The molecule has 1 unspecified atom stereocenters. The van der Waals surface area contributed by atoms with Crippen LogP contribution < -0.4 is 10.6 Å². The topological polar surface area (TPSA) is 80.6 Å². The normalized spacial score (nSPS) is 16.0. The number of furan rings is 1. The van der Waals surface area contributed by atoms with Crippen molar-refractivity contribution < 1.29 is 18.7 Å². The highest BCUT2D eigenvalue weighted by atomic mass is 16.6. The number of ether oxygens (including phenoxy) is 1. The van der Waals surface area contributed by atoms with E-state index < -0.39 is 11.7 Å². The zero-order valence-electron chi connectivity index (χ0n) is 19.3. The maximum absolute atomic E-state index is 12.2. The number of allylic oxidation sites excluding steroid dienone is 3. The van der Waals surface area contributed by atoms with E-state index >= 15 is 0 Å². The van der Waals surface area contributed by atoms with Crippen LogP contribution in [0.25, 0.3) is 11.0 Å². The lowest BCUT2D eigenvalue weighted by atomic mass is 9.94. The van der Waals surface area contributed by atoms with Crippen molar-refractivity contribution in [3.05, 3.63) is 59.9 Å². The lowest BCUT2D eigenvalue weighted by molar-refractivity contribution is -0.123. The van der Waals surface area contributed by atoms with Crippen LogP contribution in [0.2, 0.25) is 0 Å². The highest BCUT2D eigenvalue weighted by Gasteiger charge is 2.22. The number of para-hydroxylation sites is 1. The molecule has 2 aromatic rings. The van der Waals surface area contributed by atoms with E-state index in [0.717, 1.165) is 43.1 Å². The average molecular weight is 439 g/mol. The molecule has 1 aromatic heterocycles. The average Bonchev–Trinajstić information content (AvgIpc) is 3.17. The molecule has 2 N–H and O–H groups in total. The molecule has 1 atom stereocenters. The second-order valence-corrected chi connectivity index (χ2v) is 9.06. The number of carbonyl (C=O) groups is 2. The molecule has 6 heteroatoms. The van der Waals surface area contributed by atoms with Gasteiger partial charge in [0.15, 0.2) is 0 Å². The number of unbranched alkanes of at least 4 members (excludes halogenated alkanes) is 2. The van der Waals surface area contributed by atoms with E-state index in [4.69, 9.17) is 9.15 Å². The molecule has 1 aliphatic rings. The molecular weight excluding hydrogens is 404 g/mol. The molecule has 1 aliphatic carbocycles. The Hall–Kier alpha value is -3.02. The van der Waals surface area contributed by atoms with Crippen molar-refractivity contribution in [1.29, 1.82) is 0 Å². The van der Waals surface area contributed by atoms with Gasteiger partial charge in [-0.2, -0.15) is 0 Å². The molecule has 3 rings (SSSR count). The Balaban J connectivity index is 1.28. The van der Waals surface area contributed by atoms with Crippen LogP contribution in [0.4, 0.5) is 4.79 Å². The van der Waals surface area contributed by atoms with Crippen LogP contribution in [0.1, 0.15) is 58.6 Å². The number of hydrogen-bond acceptors (Lipinski definition) is 4. The fourth-order valence-electron chi connectivity index (χ4n) is 3.83. The van der Waals surface area contributed by atoms with Gasteiger partial charge in [0.2, 0.25) is 5.91 Å². The van der Waals surface area contributed by atoms with E-state index in [2.05, 4.69) is 10.6 Å². The number of benzene rings is 1. The quantitative estimate of drug-likeness (QED) is 0.471. The molecule has 0 bridgehead atoms. The maximum atomic E-state index is 12.2. The van der Waals surface area contributed by atoms with Crippen LogP contribution in [0.15, 0.2) is 58.6 Å². The molecule has 0 fully saturated rings. The Bertz CT molecular complexity index is 954. The number of nitrogens with one attached hydrogen (secondary N) is 2. The third-order valence-electron chi connectivity index (χ3n) is 5.61. The third kappa shape index (κ3) is 7.29. The van der Waals surface area contributed by atoms with Crippen molar-refractivity contribution in [3.8, 4) is 0 Å². The van der Waals surface area contributed by atoms with Crippen LogP contribution in [0, 0.1) is 5.92 Å². The minimum atomic E-state index is -0.558. The molecule has 0 spiro atoms. The zero-order valence-corrected chi connectivity index (χ0v) is 19.3. The number of carbonyl (C=O) groups excluding carboxylic acids is 2. The molecular formula is C26H34N2O4. The van der Waals surface area contributed by atoms with Crippen LogP contribution in [-0.4, -0.2) is 24.1 Å². The summed E-state index contributed by atoms with van der Waals surface area (Å²) in [6, 6.07) is 9.66. The molecule has 172 valence electrons. The van der Waals surface area contributed by atoms with E-state index in [1.54, 1.807) is 0 Å². The van der Waals surface area contributed by atoms with Gasteiger partial charge in [-0.25, -0.2) is 4.79 Å². The van der Waals surface area contributed by atoms with Crippen molar-refractivity contribution in [2.45, 2.75) is 65.0 Å². The number of alkyl carbamates (subject to hydrolysis) is 1. The van der Waals surface area contributed by atoms with Crippen molar-refractivity contribution in [3.63, 3.8) is 0 Å². The summed E-state index contributed by atoms with van der Waals surface area (Å²) in [7, 11) is 0. The Kier molecular flexibility index (Phi) is 8.14. The smallest absolute Gasteiger partial charge is 0.408 e. The van der Waals surface area contributed by atoms with Gasteiger partial charge in [0.1, 0.15) is 16.9 Å². The second kappa shape index (κ2) is 11.0. The van der Waals surface area contributed by atoms with Gasteiger partial charge in [-0.15, -0.1) is 0 Å². The predicted molar refractivity (Wildman–Crippen MR) is 126 cm³/mol. The highest BCUT2D eigenvalue weighted by molar-refractivity contribution is 5.81. The van der Waals surface area contributed by atoms with Crippen LogP contribution in [0.5, 0.6) is 0 Å². The lowest BCUT2D eigenvalue weighted by Crippen LogP contribution is -2.34. The fourth-order valence-corrected chi connectivity index (χ4v) is 3.83. The molecule has 2 amide bonds. The Morgan fingerprint density at radius 2 is 1.97 bits per heavy atom. The molecule has 1 aromatic carbocycles. The summed E-state index contributed by atoms with van der Waals surface area (Å²) < 4.78 is 11.3. The standard InChI is InChI=1S/C26H34N2O4/c1-19-10-9-12-21(16-19)24(29)27-15-8-4-7-14-26(2,3)32-25(30)28-18-22-17-20-11-5-6-13-23(20)31-22/h5-6,9-13,17,21H,4,7-8,14-16,18H2,1-3H3,(H,27,29)(H,28,30). The van der Waals surface area contributed by atoms with Gasteiger partial charge < -0.3 is 19.8 Å². The summed E-state index contributed by atoms with van der Waals surface area (Å²) in [5.74, 6) is 0.738. The summed E-state index contributed by atoms with van der Waals surface area (Å²) in [5, 5.41) is 6.80. The van der Waals surface area contributed by atoms with Gasteiger partial charge in [0.05, 0.1) is 12.5 Å². The van der Waals surface area contributed by atoms with Gasteiger partial charge in [0.25, 0.3) is 0 Å². The first-order valence-electron chi connectivity index (χ1n) is 11.4. The second-order valence-electron chi connectivity index (χ2n) is 9.06. The number of hydrogen-bond donors (Lipinski definition) is 2. The van der Waals surface area contributed by atoms with Gasteiger partial charge in [-0.05, 0) is 58.6 Å². The summed E-state index contributed by atoms with van der Waals surface area (Å²) in [6.45, 7) is 6.84. The largest absolute Gasteiger partial charge is 0.459 e. The number of amides is 2. The summed E-state index contributed by atoms with van der Waals surface area (Å²) in [6.07, 6.45) is 9.86. The Morgan fingerprint density at radius 1 is 1.16 bits per heavy atom. The Morgan fingerprint density at radius 3 is 2.75 bits per heavy atom. The third-order valence-corrected chi connectivity index (χ3v) is 5.61. The SMILES string of the molecule is CC1=CC=CC(C(=O)NCCCCCC(C)(C)OC(=O)NCc2cc3ccccc3o2)C1. The minimum Gasteiger partial charge on any atom is -0.459 e. The van der Waals surface area contributed by atoms with E-state index in [-0.39, 0.29) is 18.4 Å².